The predicted octanol–water partition coefficient (Wildman–Crippen LogP) is 3.72. The first-order chi connectivity index (χ1) is 6.49. The van der Waals surface area contributed by atoms with Gasteiger partial charge >= 0.3 is 0 Å². The van der Waals surface area contributed by atoms with Crippen LogP contribution in [-0.4, -0.2) is 0 Å². The molecule has 0 spiro atoms. The van der Waals surface area contributed by atoms with Crippen molar-refractivity contribution in [3.63, 3.8) is 0 Å². The lowest BCUT2D eigenvalue weighted by Crippen LogP contribution is -2.16. The Bertz CT molecular complexity index is 351. The molecule has 0 heteroatoms. The van der Waals surface area contributed by atoms with E-state index >= 15 is 0 Å². The van der Waals surface area contributed by atoms with Crippen LogP contribution in [0, 0.1) is 12.3 Å². The molecule has 0 atom stereocenters. The molecule has 74 valence electrons. The van der Waals surface area contributed by atoms with Crippen LogP contribution in [0.5, 0.6) is 0 Å². The van der Waals surface area contributed by atoms with Gasteiger partial charge in [0.15, 0.2) is 0 Å². The van der Waals surface area contributed by atoms with Crippen LogP contribution < -0.4 is 0 Å². The van der Waals surface area contributed by atoms with Gasteiger partial charge in [0.1, 0.15) is 0 Å². The number of hydrogen-bond acceptors (Lipinski definition) is 0. The maximum absolute atomic E-state index is 5.56. The highest BCUT2D eigenvalue weighted by Crippen LogP contribution is 2.29. The average molecular weight is 186 g/mol. The van der Waals surface area contributed by atoms with E-state index in [2.05, 4.69) is 57.9 Å². The van der Waals surface area contributed by atoms with Gasteiger partial charge in [-0.15, -0.1) is 6.42 Å². The minimum absolute atomic E-state index is 0.166. The lowest BCUT2D eigenvalue weighted by molar-refractivity contribution is 0.674. The van der Waals surface area contributed by atoms with E-state index < -0.39 is 0 Å². The van der Waals surface area contributed by atoms with E-state index in [-0.39, 0.29) is 5.41 Å². The molecule has 1 aromatic carbocycles. The van der Waals surface area contributed by atoms with Crippen molar-refractivity contribution in [3.05, 3.63) is 35.4 Å². The van der Waals surface area contributed by atoms with Gasteiger partial charge in [0.2, 0.25) is 0 Å². The number of terminal acetylenes is 1. The summed E-state index contributed by atoms with van der Waals surface area (Å²) in [5.74, 6) is 3.38. The molecule has 0 aliphatic carbocycles. The van der Waals surface area contributed by atoms with E-state index in [0.29, 0.717) is 5.92 Å². The highest BCUT2D eigenvalue weighted by atomic mass is 14.2. The molecule has 0 heterocycles. The van der Waals surface area contributed by atoms with E-state index in [0.717, 1.165) is 0 Å². The van der Waals surface area contributed by atoms with E-state index in [4.69, 9.17) is 6.42 Å². The van der Waals surface area contributed by atoms with Gasteiger partial charge in [0, 0.05) is 0 Å². The summed E-state index contributed by atoms with van der Waals surface area (Å²) in [4.78, 5) is 0. The van der Waals surface area contributed by atoms with Crippen molar-refractivity contribution in [2.24, 2.45) is 0 Å². The van der Waals surface area contributed by atoms with E-state index in [1.807, 2.05) is 0 Å². The fourth-order valence-corrected chi connectivity index (χ4v) is 1.65. The van der Waals surface area contributed by atoms with E-state index in [9.17, 15) is 0 Å². The highest BCUT2D eigenvalue weighted by Gasteiger charge is 2.21. The molecule has 0 N–H and O–H groups in total. The molecule has 0 aliphatic heterocycles. The van der Waals surface area contributed by atoms with Crippen LogP contribution in [0.15, 0.2) is 24.3 Å². The third kappa shape index (κ3) is 1.99. The summed E-state index contributed by atoms with van der Waals surface area (Å²) in [6.07, 6.45) is 5.56. The fraction of sp³-hybridized carbons (Fsp3) is 0.429. The number of benzene rings is 1. The van der Waals surface area contributed by atoms with Crippen molar-refractivity contribution in [2.45, 2.75) is 39.0 Å². The lowest BCUT2D eigenvalue weighted by atomic mass is 9.80. The normalized spacial score (nSPS) is 11.4. The van der Waals surface area contributed by atoms with Gasteiger partial charge in [-0.05, 0) is 30.9 Å². The maximum Gasteiger partial charge on any atom is 0.0506 e. The SMILES string of the molecule is C#CC(C)(C)c1ccccc1C(C)C. The van der Waals surface area contributed by atoms with Crippen molar-refractivity contribution >= 4 is 0 Å². The van der Waals surface area contributed by atoms with E-state index in [1.54, 1.807) is 0 Å². The molecule has 0 saturated heterocycles. The second-order valence-corrected chi connectivity index (χ2v) is 4.51. The number of rotatable bonds is 2. The van der Waals surface area contributed by atoms with E-state index in [1.165, 1.54) is 11.1 Å². The van der Waals surface area contributed by atoms with Gasteiger partial charge in [-0.1, -0.05) is 44.0 Å². The van der Waals surface area contributed by atoms with Crippen molar-refractivity contribution in [1.29, 1.82) is 0 Å². The summed E-state index contributed by atoms with van der Waals surface area (Å²) in [5, 5.41) is 0. The molecule has 0 bridgehead atoms. The second kappa shape index (κ2) is 3.88. The van der Waals surface area contributed by atoms with Crippen LogP contribution in [0.3, 0.4) is 0 Å². The first kappa shape index (κ1) is 10.9. The molecule has 1 rings (SSSR count). The standard InChI is InChI=1S/C14H18/c1-6-14(4,5)13-10-8-7-9-12(13)11(2)3/h1,7-11H,2-5H3. The van der Waals surface area contributed by atoms with Crippen molar-refractivity contribution in [1.82, 2.24) is 0 Å². The second-order valence-electron chi connectivity index (χ2n) is 4.51. The Morgan fingerprint density at radius 1 is 1.21 bits per heavy atom. The Labute approximate surface area is 87.4 Å². The van der Waals surface area contributed by atoms with Gasteiger partial charge in [-0.2, -0.15) is 0 Å². The van der Waals surface area contributed by atoms with Gasteiger partial charge in [0.25, 0.3) is 0 Å². The van der Waals surface area contributed by atoms with Crippen LogP contribution >= 0.6 is 0 Å². The van der Waals surface area contributed by atoms with Crippen molar-refractivity contribution in [3.8, 4) is 12.3 Å². The van der Waals surface area contributed by atoms with Gasteiger partial charge < -0.3 is 0 Å². The molecule has 0 nitrogen and oxygen atoms in total. The van der Waals surface area contributed by atoms with Crippen LogP contribution in [0.25, 0.3) is 0 Å². The summed E-state index contributed by atoms with van der Waals surface area (Å²) in [7, 11) is 0. The zero-order valence-electron chi connectivity index (χ0n) is 9.46. The van der Waals surface area contributed by atoms with Gasteiger partial charge in [0.05, 0.1) is 5.41 Å². The first-order valence-electron chi connectivity index (χ1n) is 5.06. The van der Waals surface area contributed by atoms with Crippen LogP contribution in [0.1, 0.15) is 44.7 Å². The summed E-state index contributed by atoms with van der Waals surface area (Å²) < 4.78 is 0. The molecule has 0 unspecified atom stereocenters. The Balaban J connectivity index is 3.29. The van der Waals surface area contributed by atoms with Crippen LogP contribution in [0.2, 0.25) is 0 Å². The zero-order chi connectivity index (χ0) is 10.8. The molecule has 0 radical (unpaired) electrons. The molecular weight excluding hydrogens is 168 g/mol. The molecule has 0 aromatic heterocycles. The summed E-state index contributed by atoms with van der Waals surface area (Å²) in [6.45, 7) is 8.58. The Hall–Kier alpha value is -1.22. The topological polar surface area (TPSA) is 0 Å². The quantitative estimate of drug-likeness (QED) is 0.617. The van der Waals surface area contributed by atoms with Crippen LogP contribution in [-0.2, 0) is 5.41 Å². The highest BCUT2D eigenvalue weighted by molar-refractivity contribution is 5.40. The lowest BCUT2D eigenvalue weighted by Gasteiger charge is -2.23. The fourth-order valence-electron chi connectivity index (χ4n) is 1.65. The van der Waals surface area contributed by atoms with Gasteiger partial charge in [-0.3, -0.25) is 0 Å². The summed E-state index contributed by atoms with van der Waals surface area (Å²) >= 11 is 0. The van der Waals surface area contributed by atoms with Crippen molar-refractivity contribution in [2.75, 3.05) is 0 Å². The van der Waals surface area contributed by atoms with Crippen molar-refractivity contribution < 1.29 is 0 Å². The van der Waals surface area contributed by atoms with Gasteiger partial charge in [-0.25, -0.2) is 0 Å². The minimum atomic E-state index is -0.166. The minimum Gasteiger partial charge on any atom is -0.119 e. The number of hydrogen-bond donors (Lipinski definition) is 0. The summed E-state index contributed by atoms with van der Waals surface area (Å²) in [5.41, 5.74) is 2.47. The zero-order valence-corrected chi connectivity index (χ0v) is 9.46. The molecule has 0 saturated carbocycles. The molecule has 1 aromatic rings. The predicted molar refractivity (Wildman–Crippen MR) is 62.4 cm³/mol. The molecule has 0 amide bonds. The molecular formula is C14H18. The average Bonchev–Trinajstić information content (AvgIpc) is 2.18. The maximum atomic E-state index is 5.56. The third-order valence-corrected chi connectivity index (χ3v) is 2.62. The molecule has 14 heavy (non-hydrogen) atoms. The molecule has 0 aliphatic rings. The third-order valence-electron chi connectivity index (χ3n) is 2.62. The molecule has 0 fully saturated rings. The monoisotopic (exact) mass is 186 g/mol. The smallest absolute Gasteiger partial charge is 0.0506 e. The first-order valence-corrected chi connectivity index (χ1v) is 5.06. The Morgan fingerprint density at radius 3 is 2.29 bits per heavy atom. The van der Waals surface area contributed by atoms with Crippen LogP contribution in [0.4, 0.5) is 0 Å². The summed E-state index contributed by atoms with van der Waals surface area (Å²) in [6, 6.07) is 8.43. The Kier molecular flexibility index (Phi) is 3.01. The largest absolute Gasteiger partial charge is 0.119 e. The Morgan fingerprint density at radius 2 is 1.79 bits per heavy atom.